The Morgan fingerprint density at radius 2 is 1.97 bits per heavy atom. The molecule has 10 nitrogen and oxygen atoms in total. The van der Waals surface area contributed by atoms with Crippen LogP contribution in [0.1, 0.15) is 22.3 Å². The van der Waals surface area contributed by atoms with Crippen molar-refractivity contribution < 1.29 is 13.9 Å². The van der Waals surface area contributed by atoms with Gasteiger partial charge in [-0.3, -0.25) is 9.78 Å². The zero-order valence-corrected chi connectivity index (χ0v) is 17.9. The van der Waals surface area contributed by atoms with Crippen molar-refractivity contribution in [1.29, 1.82) is 0 Å². The largest absolute Gasteiger partial charge is 0.356 e. The van der Waals surface area contributed by atoms with Crippen molar-refractivity contribution in [2.45, 2.75) is 26.1 Å². The number of aryl methyl sites for hydroxylation is 1. The molecule has 1 saturated heterocycles. The van der Waals surface area contributed by atoms with E-state index < -0.39 is 12.0 Å². The molecule has 0 aliphatic carbocycles. The molecule has 0 unspecified atom stereocenters. The lowest BCUT2D eigenvalue weighted by atomic mass is 10.1. The first-order valence-corrected chi connectivity index (χ1v) is 10.5. The molecule has 4 heterocycles. The van der Waals surface area contributed by atoms with Gasteiger partial charge in [-0.2, -0.15) is 30.0 Å². The van der Waals surface area contributed by atoms with E-state index >= 15 is 0 Å². The van der Waals surface area contributed by atoms with Gasteiger partial charge in [-0.1, -0.05) is 11.6 Å². The molecule has 0 spiro atoms. The minimum absolute atomic E-state index is 0.178. The van der Waals surface area contributed by atoms with Crippen molar-refractivity contribution in [2.75, 3.05) is 13.2 Å². The molecule has 168 valence electrons. The van der Waals surface area contributed by atoms with E-state index in [4.69, 9.17) is 4.74 Å². The minimum atomic E-state index is -0.549. The van der Waals surface area contributed by atoms with E-state index in [2.05, 4.69) is 25.4 Å². The zero-order valence-electron chi connectivity index (χ0n) is 17.9. The number of carbonyl (C=O) groups excluding carboxylic acids is 1. The Kier molecular flexibility index (Phi) is 5.61. The molecule has 1 atom stereocenters. The molecule has 1 amide bonds. The maximum atomic E-state index is 13.6. The highest BCUT2D eigenvalue weighted by atomic mass is 19.1. The summed E-state index contributed by atoms with van der Waals surface area (Å²) in [7, 11) is 0. The van der Waals surface area contributed by atoms with Gasteiger partial charge in [-0.05, 0) is 37.6 Å². The Morgan fingerprint density at radius 3 is 2.76 bits per heavy atom. The molecule has 1 aliphatic heterocycles. The number of hydrogen-bond donors (Lipinski definition) is 0. The third-order valence-electron chi connectivity index (χ3n) is 5.32. The summed E-state index contributed by atoms with van der Waals surface area (Å²) in [6, 6.07) is 8.44. The van der Waals surface area contributed by atoms with E-state index in [-0.39, 0.29) is 12.5 Å². The maximum Gasteiger partial charge on any atom is 0.258 e. The van der Waals surface area contributed by atoms with Gasteiger partial charge in [0, 0.05) is 6.54 Å². The molecule has 1 fully saturated rings. The van der Waals surface area contributed by atoms with Crippen LogP contribution in [0.3, 0.4) is 0 Å². The van der Waals surface area contributed by atoms with Gasteiger partial charge in [0.2, 0.25) is 0 Å². The molecule has 5 rings (SSSR count). The molecular weight excluding hydrogens is 427 g/mol. The van der Waals surface area contributed by atoms with Crippen molar-refractivity contribution in [2.24, 2.45) is 0 Å². The second-order valence-corrected chi connectivity index (χ2v) is 7.66. The molecule has 0 saturated carbocycles. The fourth-order valence-electron chi connectivity index (χ4n) is 3.73. The lowest BCUT2D eigenvalue weighted by Gasteiger charge is -2.35. The average Bonchev–Trinajstić information content (AvgIpc) is 3.52. The van der Waals surface area contributed by atoms with E-state index in [0.717, 1.165) is 18.2 Å². The van der Waals surface area contributed by atoms with Gasteiger partial charge >= 0.3 is 0 Å². The van der Waals surface area contributed by atoms with E-state index in [9.17, 15) is 9.18 Å². The Bertz CT molecular complexity index is 1260. The smallest absolute Gasteiger partial charge is 0.258 e. The fraction of sp³-hybridized carbons (Fsp3) is 0.273. The quantitative estimate of drug-likeness (QED) is 0.461. The molecule has 33 heavy (non-hydrogen) atoms. The Morgan fingerprint density at radius 1 is 1.12 bits per heavy atom. The predicted octanol–water partition coefficient (Wildman–Crippen LogP) is 2.26. The summed E-state index contributed by atoms with van der Waals surface area (Å²) in [5.41, 5.74) is 3.06. The van der Waals surface area contributed by atoms with Crippen LogP contribution >= 0.6 is 0 Å². The van der Waals surface area contributed by atoms with E-state index in [1.54, 1.807) is 29.6 Å². The predicted molar refractivity (Wildman–Crippen MR) is 115 cm³/mol. The van der Waals surface area contributed by atoms with Crippen molar-refractivity contribution in [3.05, 3.63) is 72.1 Å². The monoisotopic (exact) mass is 448 g/mol. The lowest BCUT2D eigenvalue weighted by molar-refractivity contribution is -0.0877. The second-order valence-electron chi connectivity index (χ2n) is 7.66. The average molecular weight is 448 g/mol. The Hall–Kier alpha value is -3.99. The zero-order chi connectivity index (χ0) is 22.8. The highest BCUT2D eigenvalue weighted by molar-refractivity contribution is 5.98. The molecule has 3 aromatic heterocycles. The van der Waals surface area contributed by atoms with Gasteiger partial charge < -0.3 is 9.64 Å². The summed E-state index contributed by atoms with van der Waals surface area (Å²) in [5.74, 6) is -0.597. The summed E-state index contributed by atoms with van der Waals surface area (Å²) in [6.07, 6.45) is 5.99. The number of aromatic nitrogens is 7. The lowest BCUT2D eigenvalue weighted by Crippen LogP contribution is -2.49. The van der Waals surface area contributed by atoms with Gasteiger partial charge in [-0.25, -0.2) is 4.39 Å². The van der Waals surface area contributed by atoms with E-state index in [1.807, 2.05) is 25.1 Å². The van der Waals surface area contributed by atoms with Crippen LogP contribution < -0.4 is 0 Å². The highest BCUT2D eigenvalue weighted by Crippen LogP contribution is 2.22. The van der Waals surface area contributed by atoms with Gasteiger partial charge in [0.25, 0.3) is 5.91 Å². The van der Waals surface area contributed by atoms with Crippen LogP contribution in [-0.4, -0.2) is 65.2 Å². The number of nitrogens with zero attached hydrogens (tertiary/aromatic N) is 8. The van der Waals surface area contributed by atoms with E-state index in [0.29, 0.717) is 35.8 Å². The molecular formula is C22H21FN8O2. The van der Waals surface area contributed by atoms with Crippen molar-refractivity contribution >= 4 is 5.91 Å². The summed E-state index contributed by atoms with van der Waals surface area (Å²) in [4.78, 5) is 22.2. The third-order valence-corrected chi connectivity index (χ3v) is 5.32. The third kappa shape index (κ3) is 4.35. The van der Waals surface area contributed by atoms with Gasteiger partial charge in [0.05, 0.1) is 48.3 Å². The molecule has 1 aliphatic rings. The van der Waals surface area contributed by atoms with Crippen LogP contribution in [0.4, 0.5) is 4.39 Å². The van der Waals surface area contributed by atoms with Crippen LogP contribution in [0.2, 0.25) is 0 Å². The number of benzene rings is 1. The Balaban J connectivity index is 1.39. The van der Waals surface area contributed by atoms with Crippen LogP contribution in [0, 0.1) is 12.7 Å². The van der Waals surface area contributed by atoms with E-state index in [1.165, 1.54) is 15.7 Å². The van der Waals surface area contributed by atoms with Gasteiger partial charge in [-0.15, -0.1) is 0 Å². The van der Waals surface area contributed by atoms with Gasteiger partial charge in [0.1, 0.15) is 18.1 Å². The molecule has 1 aromatic carbocycles. The van der Waals surface area contributed by atoms with Crippen molar-refractivity contribution in [1.82, 2.24) is 39.9 Å². The maximum absolute atomic E-state index is 13.6. The molecule has 0 N–H and O–H groups in total. The minimum Gasteiger partial charge on any atom is -0.356 e. The molecule has 11 heteroatoms. The highest BCUT2D eigenvalue weighted by Gasteiger charge is 2.31. The second kappa shape index (κ2) is 8.87. The number of pyridine rings is 1. The molecule has 0 radical (unpaired) electrons. The first-order valence-electron chi connectivity index (χ1n) is 10.5. The molecule has 0 bridgehead atoms. The normalized spacial score (nSPS) is 16.2. The van der Waals surface area contributed by atoms with Gasteiger partial charge in [0.15, 0.2) is 6.23 Å². The van der Waals surface area contributed by atoms with Crippen molar-refractivity contribution in [3.8, 4) is 17.1 Å². The first-order chi connectivity index (χ1) is 16.1. The summed E-state index contributed by atoms with van der Waals surface area (Å²) >= 11 is 0. The summed E-state index contributed by atoms with van der Waals surface area (Å²) in [6.45, 7) is 3.24. The van der Waals surface area contributed by atoms with Crippen LogP contribution in [-0.2, 0) is 11.3 Å². The van der Waals surface area contributed by atoms with Crippen LogP contribution in [0.25, 0.3) is 17.1 Å². The van der Waals surface area contributed by atoms with Crippen LogP contribution in [0.5, 0.6) is 0 Å². The summed E-state index contributed by atoms with van der Waals surface area (Å²) in [5, 5.41) is 17.1. The topological polar surface area (TPSA) is 104 Å². The number of rotatable bonds is 5. The number of carbonyl (C=O) groups is 1. The Labute approximate surface area is 188 Å². The number of halogens is 1. The number of ether oxygens (including phenoxy) is 1. The van der Waals surface area contributed by atoms with Crippen molar-refractivity contribution in [3.63, 3.8) is 0 Å². The fourth-order valence-corrected chi connectivity index (χ4v) is 3.73. The summed E-state index contributed by atoms with van der Waals surface area (Å²) < 4.78 is 19.1. The SMILES string of the molecule is Cc1ccc(-n2nccn2)c(C(=O)N2CCCO[C@H]2Cn2ncc(-c3ccc(F)cn3)n2)c1. The first kappa shape index (κ1) is 20.9. The van der Waals surface area contributed by atoms with Crippen LogP contribution in [0.15, 0.2) is 55.1 Å². The molecule has 4 aromatic rings. The number of amides is 1. The number of hydrogen-bond acceptors (Lipinski definition) is 7. The standard InChI is InChI=1S/C22H21FN8O2/c1-15-3-6-20(31-25-7-8-26-31)17(11-15)22(32)29-9-2-10-33-21(29)14-30-27-13-19(28-30)18-5-4-16(23)12-24-18/h3-8,11-13,21H,2,9-10,14H2,1H3/t21-/m0/s1.